The van der Waals surface area contributed by atoms with Crippen LogP contribution >= 0.6 is 15.9 Å². The number of methoxy groups -OCH3 is 1. The molecular weight excluding hydrogens is 312 g/mol. The van der Waals surface area contributed by atoms with Gasteiger partial charge in [0.05, 0.1) is 18.6 Å². The van der Waals surface area contributed by atoms with Crippen LogP contribution in [-0.4, -0.2) is 24.3 Å². The molecule has 0 saturated heterocycles. The summed E-state index contributed by atoms with van der Waals surface area (Å²) in [5, 5.41) is 9.49. The first-order chi connectivity index (χ1) is 8.92. The fourth-order valence-electron chi connectivity index (χ4n) is 2.19. The molecule has 0 radical (unpaired) electrons. The molecule has 0 amide bonds. The summed E-state index contributed by atoms with van der Waals surface area (Å²) in [6.07, 6.45) is 1.21. The third-order valence-electron chi connectivity index (χ3n) is 3.28. The zero-order valence-electron chi connectivity index (χ0n) is 11.2. The van der Waals surface area contributed by atoms with E-state index in [9.17, 15) is 9.90 Å². The molecule has 19 heavy (non-hydrogen) atoms. The van der Waals surface area contributed by atoms with Gasteiger partial charge >= 0.3 is 5.97 Å². The van der Waals surface area contributed by atoms with Crippen molar-refractivity contribution in [2.45, 2.75) is 38.2 Å². The highest BCUT2D eigenvalue weighted by atomic mass is 79.9. The number of ether oxygens (including phenoxy) is 2. The zero-order chi connectivity index (χ0) is 14.2. The Balaban J connectivity index is 2.60. The molecule has 104 valence electrons. The van der Waals surface area contributed by atoms with Crippen LogP contribution in [0.25, 0.3) is 0 Å². The van der Waals surface area contributed by atoms with Gasteiger partial charge in [0.2, 0.25) is 0 Å². The molecule has 0 heterocycles. The number of carboxylic acid groups (broad SMARTS) is 1. The first kappa shape index (κ1) is 14.2. The highest BCUT2D eigenvalue weighted by Crippen LogP contribution is 2.56. The molecule has 5 heteroatoms. The minimum absolute atomic E-state index is 0.0495. The van der Waals surface area contributed by atoms with Crippen molar-refractivity contribution in [3.8, 4) is 11.5 Å². The van der Waals surface area contributed by atoms with Crippen LogP contribution in [0, 0.1) is 0 Å². The lowest BCUT2D eigenvalue weighted by molar-refractivity contribution is -0.140. The van der Waals surface area contributed by atoms with Crippen molar-refractivity contribution in [2.24, 2.45) is 0 Å². The van der Waals surface area contributed by atoms with Crippen LogP contribution in [0.15, 0.2) is 16.6 Å². The van der Waals surface area contributed by atoms with E-state index in [1.807, 2.05) is 19.9 Å². The van der Waals surface area contributed by atoms with Gasteiger partial charge in [-0.2, -0.15) is 0 Å². The second kappa shape index (κ2) is 5.04. The van der Waals surface area contributed by atoms with E-state index < -0.39 is 11.4 Å². The molecular formula is C14H17BrO4. The van der Waals surface area contributed by atoms with Crippen LogP contribution < -0.4 is 9.47 Å². The number of benzene rings is 1. The Kier molecular flexibility index (Phi) is 3.76. The van der Waals surface area contributed by atoms with Crippen LogP contribution in [0.5, 0.6) is 11.5 Å². The topological polar surface area (TPSA) is 55.8 Å². The summed E-state index contributed by atoms with van der Waals surface area (Å²) >= 11 is 3.45. The minimum atomic E-state index is -0.836. The van der Waals surface area contributed by atoms with E-state index in [4.69, 9.17) is 9.47 Å². The standard InChI is InChI=1S/C14H17BrO4/c1-8(2)19-12-10(18-3)5-4-9(15)11(12)14(6-7-14)13(16)17/h4-5,8H,6-7H2,1-3H3,(H,16,17). The summed E-state index contributed by atoms with van der Waals surface area (Å²) < 4.78 is 11.9. The van der Waals surface area contributed by atoms with Gasteiger partial charge in [0, 0.05) is 10.0 Å². The van der Waals surface area contributed by atoms with E-state index in [-0.39, 0.29) is 6.10 Å². The summed E-state index contributed by atoms with van der Waals surface area (Å²) in [4.78, 5) is 11.6. The largest absolute Gasteiger partial charge is 0.493 e. The number of halogens is 1. The molecule has 0 aromatic heterocycles. The molecule has 1 aliphatic rings. The Morgan fingerprint density at radius 2 is 2.05 bits per heavy atom. The van der Waals surface area contributed by atoms with E-state index in [2.05, 4.69) is 15.9 Å². The molecule has 0 unspecified atom stereocenters. The van der Waals surface area contributed by atoms with Crippen molar-refractivity contribution in [2.75, 3.05) is 7.11 Å². The SMILES string of the molecule is COc1ccc(Br)c(C2(C(=O)O)CC2)c1OC(C)C. The van der Waals surface area contributed by atoms with Crippen LogP contribution in [0.1, 0.15) is 32.3 Å². The Labute approximate surface area is 120 Å². The second-order valence-corrected chi connectivity index (χ2v) is 5.86. The average molecular weight is 329 g/mol. The minimum Gasteiger partial charge on any atom is -0.493 e. The number of carbonyl (C=O) groups is 1. The molecule has 1 fully saturated rings. The third-order valence-corrected chi connectivity index (χ3v) is 3.94. The van der Waals surface area contributed by atoms with Gasteiger partial charge in [-0.25, -0.2) is 0 Å². The van der Waals surface area contributed by atoms with Gasteiger partial charge in [-0.05, 0) is 38.8 Å². The Morgan fingerprint density at radius 3 is 2.47 bits per heavy atom. The predicted octanol–water partition coefficient (Wildman–Crippen LogP) is 3.36. The summed E-state index contributed by atoms with van der Waals surface area (Å²) in [6.45, 7) is 3.81. The Morgan fingerprint density at radius 1 is 1.42 bits per heavy atom. The lowest BCUT2D eigenvalue weighted by atomic mass is 9.94. The normalized spacial score (nSPS) is 16.3. The second-order valence-electron chi connectivity index (χ2n) is 5.01. The van der Waals surface area contributed by atoms with Crippen molar-refractivity contribution >= 4 is 21.9 Å². The zero-order valence-corrected chi connectivity index (χ0v) is 12.8. The Bertz CT molecular complexity index is 506. The van der Waals surface area contributed by atoms with Gasteiger partial charge in [0.1, 0.15) is 0 Å². The van der Waals surface area contributed by atoms with E-state index in [1.54, 1.807) is 13.2 Å². The van der Waals surface area contributed by atoms with Crippen LogP contribution in [0.2, 0.25) is 0 Å². The van der Waals surface area contributed by atoms with Gasteiger partial charge in [0.25, 0.3) is 0 Å². The van der Waals surface area contributed by atoms with Crippen LogP contribution in [0.4, 0.5) is 0 Å². The van der Waals surface area contributed by atoms with Gasteiger partial charge in [-0.3, -0.25) is 4.79 Å². The van der Waals surface area contributed by atoms with E-state index in [1.165, 1.54) is 0 Å². The molecule has 0 atom stereocenters. The van der Waals surface area contributed by atoms with Crippen molar-refractivity contribution in [1.82, 2.24) is 0 Å². The first-order valence-corrected chi connectivity index (χ1v) is 6.98. The molecule has 1 aliphatic carbocycles. The lowest BCUT2D eigenvalue weighted by Crippen LogP contribution is -2.22. The van der Waals surface area contributed by atoms with Crippen molar-refractivity contribution in [1.29, 1.82) is 0 Å². The average Bonchev–Trinajstić information content (AvgIpc) is 3.10. The molecule has 2 rings (SSSR count). The fourth-order valence-corrected chi connectivity index (χ4v) is 2.89. The Hall–Kier alpha value is -1.23. The summed E-state index contributed by atoms with van der Waals surface area (Å²) in [6, 6.07) is 3.59. The number of carboxylic acids is 1. The predicted molar refractivity (Wildman–Crippen MR) is 75.0 cm³/mol. The maximum atomic E-state index is 11.6. The molecule has 0 spiro atoms. The lowest BCUT2D eigenvalue weighted by Gasteiger charge is -2.22. The summed E-state index contributed by atoms with van der Waals surface area (Å²) in [7, 11) is 1.56. The molecule has 0 bridgehead atoms. The fraction of sp³-hybridized carbons (Fsp3) is 0.500. The summed E-state index contributed by atoms with van der Waals surface area (Å²) in [5.41, 5.74) is -0.148. The molecule has 4 nitrogen and oxygen atoms in total. The van der Waals surface area contributed by atoms with Gasteiger partial charge in [0.15, 0.2) is 11.5 Å². The molecule has 1 N–H and O–H groups in total. The van der Waals surface area contributed by atoms with Gasteiger partial charge in [-0.1, -0.05) is 15.9 Å². The molecule has 0 aliphatic heterocycles. The van der Waals surface area contributed by atoms with E-state index in [0.29, 0.717) is 29.9 Å². The molecule has 1 saturated carbocycles. The van der Waals surface area contributed by atoms with E-state index in [0.717, 1.165) is 4.47 Å². The smallest absolute Gasteiger partial charge is 0.314 e. The van der Waals surface area contributed by atoms with Gasteiger partial charge in [-0.15, -0.1) is 0 Å². The number of rotatable bonds is 5. The first-order valence-electron chi connectivity index (χ1n) is 6.19. The maximum Gasteiger partial charge on any atom is 0.314 e. The number of hydrogen-bond acceptors (Lipinski definition) is 3. The quantitative estimate of drug-likeness (QED) is 0.900. The maximum absolute atomic E-state index is 11.6. The highest BCUT2D eigenvalue weighted by molar-refractivity contribution is 9.10. The molecule has 1 aromatic carbocycles. The van der Waals surface area contributed by atoms with Crippen LogP contribution in [-0.2, 0) is 10.2 Å². The van der Waals surface area contributed by atoms with Crippen molar-refractivity contribution in [3.63, 3.8) is 0 Å². The molecule has 1 aromatic rings. The monoisotopic (exact) mass is 328 g/mol. The van der Waals surface area contributed by atoms with Gasteiger partial charge < -0.3 is 14.6 Å². The summed E-state index contributed by atoms with van der Waals surface area (Å²) in [5.74, 6) is 0.293. The number of hydrogen-bond donors (Lipinski definition) is 1. The third kappa shape index (κ3) is 2.43. The van der Waals surface area contributed by atoms with Crippen molar-refractivity contribution < 1.29 is 19.4 Å². The van der Waals surface area contributed by atoms with Crippen LogP contribution in [0.3, 0.4) is 0 Å². The van der Waals surface area contributed by atoms with E-state index >= 15 is 0 Å². The van der Waals surface area contributed by atoms with Crippen molar-refractivity contribution in [3.05, 3.63) is 22.2 Å². The number of aliphatic carboxylic acids is 1. The highest BCUT2D eigenvalue weighted by Gasteiger charge is 2.55.